The van der Waals surface area contributed by atoms with E-state index in [1.807, 2.05) is 0 Å². The fourth-order valence-corrected chi connectivity index (χ4v) is 3.59. The Balaban J connectivity index is 2.22. The zero-order chi connectivity index (χ0) is 14.0. The number of hydrogen-bond acceptors (Lipinski definition) is 5. The lowest BCUT2D eigenvalue weighted by Crippen LogP contribution is -2.51. The van der Waals surface area contributed by atoms with Gasteiger partial charge in [-0.05, 0) is 12.1 Å². The normalized spacial score (nSPS) is 22.1. The maximum Gasteiger partial charge on any atom is 0.305 e. The molecule has 0 bridgehead atoms. The summed E-state index contributed by atoms with van der Waals surface area (Å²) in [5, 5.41) is 8.81. The van der Waals surface area contributed by atoms with Crippen molar-refractivity contribution in [2.45, 2.75) is 12.5 Å². The summed E-state index contributed by atoms with van der Waals surface area (Å²) in [5.41, 5.74) is 0. The Morgan fingerprint density at radius 1 is 1.47 bits per heavy atom. The highest BCUT2D eigenvalue weighted by Crippen LogP contribution is 2.18. The molecule has 1 aliphatic rings. The lowest BCUT2D eigenvalue weighted by atomic mass is 10.2. The van der Waals surface area contributed by atoms with Crippen molar-refractivity contribution in [1.82, 2.24) is 4.90 Å². The van der Waals surface area contributed by atoms with Gasteiger partial charge >= 0.3 is 5.97 Å². The van der Waals surface area contributed by atoms with E-state index in [1.165, 1.54) is 17.2 Å². The molecule has 1 unspecified atom stereocenters. The second-order valence-electron chi connectivity index (χ2n) is 4.34. The number of carbonyl (C=O) groups is 2. The van der Waals surface area contributed by atoms with Gasteiger partial charge in [-0.2, -0.15) is 0 Å². The van der Waals surface area contributed by atoms with E-state index in [1.54, 1.807) is 6.07 Å². The molecule has 0 saturated carbocycles. The molecule has 7 nitrogen and oxygen atoms in total. The average Bonchev–Trinajstić information content (AvgIpc) is 2.79. The van der Waals surface area contributed by atoms with Crippen molar-refractivity contribution in [3.8, 4) is 0 Å². The van der Waals surface area contributed by atoms with Gasteiger partial charge in [-0.25, -0.2) is 8.42 Å². The number of furan rings is 1. The summed E-state index contributed by atoms with van der Waals surface area (Å²) < 4.78 is 28.1. The first-order chi connectivity index (χ1) is 8.89. The van der Waals surface area contributed by atoms with Crippen molar-refractivity contribution >= 4 is 21.7 Å². The highest BCUT2D eigenvalue weighted by molar-refractivity contribution is 7.91. The van der Waals surface area contributed by atoms with Gasteiger partial charge in [-0.3, -0.25) is 9.59 Å². The Hall–Kier alpha value is -1.83. The van der Waals surface area contributed by atoms with Gasteiger partial charge < -0.3 is 14.4 Å². The van der Waals surface area contributed by atoms with Crippen LogP contribution in [0.2, 0.25) is 0 Å². The number of hydrogen-bond donors (Lipinski definition) is 1. The van der Waals surface area contributed by atoms with Crippen LogP contribution in [0, 0.1) is 0 Å². The van der Waals surface area contributed by atoms with Crippen LogP contribution in [-0.2, 0) is 14.6 Å². The van der Waals surface area contributed by atoms with Gasteiger partial charge in [-0.15, -0.1) is 0 Å². The number of carbonyl (C=O) groups excluding carboxylic acids is 1. The fraction of sp³-hybridized carbons (Fsp3) is 0.455. The molecule has 0 aromatic carbocycles. The van der Waals surface area contributed by atoms with Gasteiger partial charge in [0.25, 0.3) is 5.91 Å². The molecule has 2 rings (SSSR count). The molecular weight excluding hydrogens is 274 g/mol. The van der Waals surface area contributed by atoms with Crippen LogP contribution in [0.4, 0.5) is 0 Å². The summed E-state index contributed by atoms with van der Waals surface area (Å²) in [6.07, 6.45) is 0.936. The smallest absolute Gasteiger partial charge is 0.305 e. The van der Waals surface area contributed by atoms with Crippen LogP contribution in [0.15, 0.2) is 22.8 Å². The second kappa shape index (κ2) is 5.04. The Morgan fingerprint density at radius 3 is 2.79 bits per heavy atom. The Labute approximate surface area is 109 Å². The Bertz CT molecular complexity index is 576. The SMILES string of the molecule is O=C(O)CC1CS(=O)(=O)CCN1C(=O)c1ccco1. The van der Waals surface area contributed by atoms with E-state index in [9.17, 15) is 18.0 Å². The van der Waals surface area contributed by atoms with E-state index in [0.29, 0.717) is 0 Å². The zero-order valence-corrected chi connectivity index (χ0v) is 10.8. The highest BCUT2D eigenvalue weighted by Gasteiger charge is 2.36. The van der Waals surface area contributed by atoms with Crippen molar-refractivity contribution in [2.75, 3.05) is 18.1 Å². The molecule has 1 atom stereocenters. The quantitative estimate of drug-likeness (QED) is 0.838. The summed E-state index contributed by atoms with van der Waals surface area (Å²) in [6.45, 7) is -0.0141. The highest BCUT2D eigenvalue weighted by atomic mass is 32.2. The molecule has 1 aromatic rings. The van der Waals surface area contributed by atoms with Crippen LogP contribution >= 0.6 is 0 Å². The van der Waals surface area contributed by atoms with Gasteiger partial charge in [0, 0.05) is 6.54 Å². The number of sulfone groups is 1. The van der Waals surface area contributed by atoms with E-state index < -0.39 is 34.2 Å². The number of carboxylic acid groups (broad SMARTS) is 1. The first kappa shape index (κ1) is 13.6. The summed E-state index contributed by atoms with van der Waals surface area (Å²) in [4.78, 5) is 24.1. The molecule has 8 heteroatoms. The van der Waals surface area contributed by atoms with Gasteiger partial charge in [0.2, 0.25) is 0 Å². The van der Waals surface area contributed by atoms with Gasteiger partial charge in [0.05, 0.1) is 30.2 Å². The maximum absolute atomic E-state index is 12.1. The Kier molecular flexibility index (Phi) is 3.61. The molecule has 1 aliphatic heterocycles. The third kappa shape index (κ3) is 3.14. The molecule has 1 saturated heterocycles. The van der Waals surface area contributed by atoms with Crippen LogP contribution in [0.3, 0.4) is 0 Å². The monoisotopic (exact) mass is 287 g/mol. The summed E-state index contributed by atoms with van der Waals surface area (Å²) in [7, 11) is -3.30. The van der Waals surface area contributed by atoms with Crippen LogP contribution in [-0.4, -0.2) is 54.4 Å². The van der Waals surface area contributed by atoms with E-state index in [4.69, 9.17) is 9.52 Å². The minimum absolute atomic E-state index is 0.0141. The van der Waals surface area contributed by atoms with E-state index in [-0.39, 0.29) is 23.8 Å². The van der Waals surface area contributed by atoms with Crippen molar-refractivity contribution in [3.63, 3.8) is 0 Å². The Morgan fingerprint density at radius 2 is 2.21 bits per heavy atom. The molecule has 0 radical (unpaired) electrons. The molecule has 19 heavy (non-hydrogen) atoms. The molecule has 1 N–H and O–H groups in total. The third-order valence-corrected chi connectivity index (χ3v) is 4.63. The molecule has 1 amide bonds. The first-order valence-corrected chi connectivity index (χ1v) is 7.48. The van der Waals surface area contributed by atoms with Gasteiger partial charge in [0.15, 0.2) is 15.6 Å². The largest absolute Gasteiger partial charge is 0.481 e. The molecule has 0 aliphatic carbocycles. The third-order valence-electron chi connectivity index (χ3n) is 2.93. The van der Waals surface area contributed by atoms with E-state index >= 15 is 0 Å². The number of carboxylic acids is 1. The molecule has 104 valence electrons. The van der Waals surface area contributed by atoms with Crippen LogP contribution in [0.5, 0.6) is 0 Å². The molecule has 1 fully saturated rings. The van der Waals surface area contributed by atoms with Crippen molar-refractivity contribution < 1.29 is 27.5 Å². The van der Waals surface area contributed by atoms with E-state index in [0.717, 1.165) is 0 Å². The summed E-state index contributed by atoms with van der Waals surface area (Å²) >= 11 is 0. The maximum atomic E-state index is 12.1. The minimum atomic E-state index is -3.30. The number of amides is 1. The molecule has 1 aromatic heterocycles. The summed E-state index contributed by atoms with van der Waals surface area (Å²) in [5.74, 6) is -2.03. The zero-order valence-electron chi connectivity index (χ0n) is 9.98. The second-order valence-corrected chi connectivity index (χ2v) is 6.57. The lowest BCUT2D eigenvalue weighted by Gasteiger charge is -2.34. The number of aliphatic carboxylic acids is 1. The van der Waals surface area contributed by atoms with Gasteiger partial charge in [-0.1, -0.05) is 0 Å². The first-order valence-electron chi connectivity index (χ1n) is 5.66. The molecule has 2 heterocycles. The van der Waals surface area contributed by atoms with Crippen molar-refractivity contribution in [3.05, 3.63) is 24.2 Å². The van der Waals surface area contributed by atoms with Crippen molar-refractivity contribution in [1.29, 1.82) is 0 Å². The fourth-order valence-electron chi connectivity index (χ4n) is 2.07. The van der Waals surface area contributed by atoms with Crippen LogP contribution < -0.4 is 0 Å². The molecule has 0 spiro atoms. The topological polar surface area (TPSA) is 105 Å². The van der Waals surface area contributed by atoms with Gasteiger partial charge in [0.1, 0.15) is 0 Å². The summed E-state index contributed by atoms with van der Waals surface area (Å²) in [6, 6.07) is 2.15. The average molecular weight is 287 g/mol. The predicted molar refractivity (Wildman–Crippen MR) is 64.4 cm³/mol. The van der Waals surface area contributed by atoms with Crippen LogP contribution in [0.25, 0.3) is 0 Å². The predicted octanol–water partition coefficient (Wildman–Crippen LogP) is -0.00650. The van der Waals surface area contributed by atoms with Crippen molar-refractivity contribution in [2.24, 2.45) is 0 Å². The molecular formula is C11H13NO6S. The number of nitrogens with zero attached hydrogens (tertiary/aromatic N) is 1. The standard InChI is InChI=1S/C11H13NO6S/c13-10(14)6-8-7-19(16,17)5-3-12(8)11(15)9-2-1-4-18-9/h1-2,4,8H,3,5-7H2,(H,13,14). The van der Waals surface area contributed by atoms with Crippen LogP contribution in [0.1, 0.15) is 17.0 Å². The number of rotatable bonds is 3. The lowest BCUT2D eigenvalue weighted by molar-refractivity contribution is -0.138. The van der Waals surface area contributed by atoms with E-state index in [2.05, 4.69) is 0 Å². The minimum Gasteiger partial charge on any atom is -0.481 e.